The Morgan fingerprint density at radius 1 is 0.442 bits per heavy atom. The van der Waals surface area contributed by atoms with Gasteiger partial charge in [0.15, 0.2) is 0 Å². The summed E-state index contributed by atoms with van der Waals surface area (Å²) >= 11 is 23.7. The van der Waals surface area contributed by atoms with Crippen LogP contribution < -0.4 is 0 Å². The molecule has 6 aliphatic rings. The second kappa shape index (κ2) is 15.9. The molecule has 0 spiro atoms. The largest absolute Gasteiger partial charge is 0.121 e. The zero-order valence-electron chi connectivity index (χ0n) is 24.7. The van der Waals surface area contributed by atoms with Gasteiger partial charge < -0.3 is 0 Å². The third kappa shape index (κ3) is 8.26. The SMILES string of the molecule is CSC1=C(SCSC2=C(SC)S/C(=C3\C=CC(=C4SC(C)=C(C)S4)CC3)S2)S/C(=C2\C=CC(=C3SC(C)=C(C)S3)CC2)S1. The van der Waals surface area contributed by atoms with Crippen molar-refractivity contribution in [1.29, 1.82) is 0 Å². The summed E-state index contributed by atoms with van der Waals surface area (Å²) in [6, 6.07) is 0. The van der Waals surface area contributed by atoms with Gasteiger partial charge in [0.25, 0.3) is 0 Å². The molecule has 0 unspecified atom stereocenters. The maximum Gasteiger partial charge on any atom is 0.0668 e. The Kier molecular flexibility index (Phi) is 12.7. The second-order valence-corrected chi connectivity index (χ2v) is 24.9. The molecule has 0 saturated carbocycles. The first-order valence-electron chi connectivity index (χ1n) is 13.7. The molecule has 0 fully saturated rings. The number of thioether (sulfide) groups is 12. The monoisotopic (exact) mass is 788 g/mol. The molecular weight excluding hydrogens is 757 g/mol. The quantitative estimate of drug-likeness (QED) is 0.235. The van der Waals surface area contributed by atoms with Crippen LogP contribution in [-0.2, 0) is 0 Å². The highest BCUT2D eigenvalue weighted by Crippen LogP contribution is 2.62. The van der Waals surface area contributed by atoms with Crippen LogP contribution in [0.5, 0.6) is 0 Å². The zero-order chi connectivity index (χ0) is 30.1. The van der Waals surface area contributed by atoms with Crippen molar-refractivity contribution in [3.8, 4) is 0 Å². The molecule has 228 valence electrons. The van der Waals surface area contributed by atoms with Crippen LogP contribution in [0.3, 0.4) is 0 Å². The van der Waals surface area contributed by atoms with Crippen LogP contribution in [0, 0.1) is 0 Å². The summed E-state index contributed by atoms with van der Waals surface area (Å²) in [5.74, 6) is 0. The van der Waals surface area contributed by atoms with E-state index >= 15 is 0 Å². The molecule has 0 saturated heterocycles. The molecule has 43 heavy (non-hydrogen) atoms. The first kappa shape index (κ1) is 34.5. The van der Waals surface area contributed by atoms with E-state index in [9.17, 15) is 0 Å². The summed E-state index contributed by atoms with van der Waals surface area (Å²) in [4.78, 5) is 5.84. The normalized spacial score (nSPS) is 26.7. The Hall–Kier alpha value is 1.60. The molecule has 0 radical (unpaired) electrons. The van der Waals surface area contributed by atoms with Crippen molar-refractivity contribution in [3.05, 3.63) is 100 Å². The van der Waals surface area contributed by atoms with Crippen molar-refractivity contribution in [2.45, 2.75) is 53.4 Å². The fourth-order valence-electron chi connectivity index (χ4n) is 4.47. The predicted octanol–water partition coefficient (Wildman–Crippen LogP) is 15.4. The summed E-state index contributed by atoms with van der Waals surface area (Å²) in [6.07, 6.45) is 18.6. The van der Waals surface area contributed by atoms with Gasteiger partial charge in [0.05, 0.1) is 33.9 Å². The van der Waals surface area contributed by atoms with E-state index in [0.29, 0.717) is 0 Å². The van der Waals surface area contributed by atoms with Crippen LogP contribution in [0.4, 0.5) is 0 Å². The third-order valence-corrected chi connectivity index (χ3v) is 23.8. The molecule has 0 aromatic carbocycles. The van der Waals surface area contributed by atoms with E-state index in [2.05, 4.69) is 64.5 Å². The standard InChI is InChI=1S/C31H32S12/c1-16-17(2)37-24(36-16)20-7-11-22(12-8-20)26-40-28(32-5)30(42-26)34-15-35-31-29(33-6)41-27(43-31)23-13-9-21(10-14-23)25-38-18(3)19(4)39-25/h7,9,11,13H,8,10,12,14-15H2,1-6H3/b26-22-,27-23+. The maximum absolute atomic E-state index is 2.39. The lowest BCUT2D eigenvalue weighted by molar-refractivity contribution is 0.949. The first-order valence-corrected chi connectivity index (χ1v) is 24.7. The van der Waals surface area contributed by atoms with Gasteiger partial charge in [-0.3, -0.25) is 0 Å². The molecule has 0 aromatic heterocycles. The van der Waals surface area contributed by atoms with E-state index in [1.54, 1.807) is 0 Å². The van der Waals surface area contributed by atoms with Gasteiger partial charge in [-0.1, -0.05) is 118 Å². The molecule has 0 amide bonds. The van der Waals surface area contributed by atoms with Crippen molar-refractivity contribution in [2.24, 2.45) is 0 Å². The van der Waals surface area contributed by atoms with Gasteiger partial charge in [0.2, 0.25) is 0 Å². The number of hydrogen-bond donors (Lipinski definition) is 0. The molecule has 4 heterocycles. The van der Waals surface area contributed by atoms with Gasteiger partial charge in [-0.15, -0.1) is 47.0 Å². The van der Waals surface area contributed by atoms with Crippen LogP contribution in [-0.4, -0.2) is 17.6 Å². The molecule has 2 aliphatic carbocycles. The predicted molar refractivity (Wildman–Crippen MR) is 223 cm³/mol. The van der Waals surface area contributed by atoms with Crippen LogP contribution in [0.25, 0.3) is 0 Å². The Morgan fingerprint density at radius 2 is 0.721 bits per heavy atom. The van der Waals surface area contributed by atoms with Crippen molar-refractivity contribution < 1.29 is 0 Å². The van der Waals surface area contributed by atoms with E-state index in [1.807, 2.05) is 141 Å². The van der Waals surface area contributed by atoms with Crippen LogP contribution >= 0.6 is 141 Å². The smallest absolute Gasteiger partial charge is 0.0668 e. The molecular formula is C31H32S12. The lowest BCUT2D eigenvalue weighted by atomic mass is 10.00. The topological polar surface area (TPSA) is 0 Å². The summed E-state index contributed by atoms with van der Waals surface area (Å²) in [6.45, 7) is 8.98. The van der Waals surface area contributed by atoms with Gasteiger partial charge in [0, 0.05) is 5.08 Å². The molecule has 0 aromatic rings. The Labute approximate surface area is 308 Å². The summed E-state index contributed by atoms with van der Waals surface area (Å²) < 4.78 is 11.9. The average molecular weight is 789 g/mol. The minimum Gasteiger partial charge on any atom is -0.121 e. The number of rotatable bonds is 6. The van der Waals surface area contributed by atoms with E-state index in [1.165, 1.54) is 75.8 Å². The Bertz CT molecular complexity index is 1390. The second-order valence-electron chi connectivity index (χ2n) is 9.92. The van der Waals surface area contributed by atoms with Gasteiger partial charge in [-0.2, -0.15) is 0 Å². The van der Waals surface area contributed by atoms with Gasteiger partial charge in [-0.25, -0.2) is 0 Å². The lowest BCUT2D eigenvalue weighted by Crippen LogP contribution is -1.93. The van der Waals surface area contributed by atoms with E-state index in [4.69, 9.17) is 0 Å². The molecule has 0 bridgehead atoms. The summed E-state index contributed by atoms with van der Waals surface area (Å²) in [5.41, 5.74) is 6.06. The third-order valence-electron chi connectivity index (χ3n) is 7.15. The van der Waals surface area contributed by atoms with E-state index in [0.717, 1.165) is 30.8 Å². The van der Waals surface area contributed by atoms with E-state index < -0.39 is 0 Å². The van der Waals surface area contributed by atoms with Crippen molar-refractivity contribution in [2.75, 3.05) is 17.6 Å². The van der Waals surface area contributed by atoms with Crippen molar-refractivity contribution in [1.82, 2.24) is 0 Å². The van der Waals surface area contributed by atoms with Crippen molar-refractivity contribution in [3.63, 3.8) is 0 Å². The fourth-order valence-corrected chi connectivity index (χ4v) is 21.2. The lowest BCUT2D eigenvalue weighted by Gasteiger charge is -2.15. The maximum atomic E-state index is 2.39. The summed E-state index contributed by atoms with van der Waals surface area (Å²) in [5, 5.41) is 1.06. The van der Waals surface area contributed by atoms with Crippen molar-refractivity contribution >= 4 is 141 Å². The molecule has 12 heteroatoms. The highest BCUT2D eigenvalue weighted by atomic mass is 32.3. The van der Waals surface area contributed by atoms with Crippen LogP contribution in [0.15, 0.2) is 100 Å². The highest BCUT2D eigenvalue weighted by Gasteiger charge is 2.28. The summed E-state index contributed by atoms with van der Waals surface area (Å²) in [7, 11) is 0. The highest BCUT2D eigenvalue weighted by molar-refractivity contribution is 8.44. The number of allylic oxidation sites excluding steroid dienone is 12. The average Bonchev–Trinajstić information content (AvgIpc) is 3.79. The molecule has 0 atom stereocenters. The van der Waals surface area contributed by atoms with Gasteiger partial charge >= 0.3 is 0 Å². The minimum atomic E-state index is 1.06. The molecule has 6 rings (SSSR count). The van der Waals surface area contributed by atoms with E-state index in [-0.39, 0.29) is 0 Å². The van der Waals surface area contributed by atoms with Crippen LogP contribution in [0.2, 0.25) is 0 Å². The first-order chi connectivity index (χ1) is 20.8. The fraction of sp³-hybridized carbons (Fsp3) is 0.355. The number of hydrogen-bond acceptors (Lipinski definition) is 12. The Balaban J connectivity index is 1.05. The minimum absolute atomic E-state index is 1.06. The zero-order valence-corrected chi connectivity index (χ0v) is 34.5. The molecule has 0 nitrogen and oxygen atoms in total. The Morgan fingerprint density at radius 3 is 1.00 bits per heavy atom. The van der Waals surface area contributed by atoms with Gasteiger partial charge in [-0.05, 0) is 108 Å². The molecule has 4 aliphatic heterocycles. The molecule has 0 N–H and O–H groups in total. The van der Waals surface area contributed by atoms with Gasteiger partial charge in [0.1, 0.15) is 0 Å². The van der Waals surface area contributed by atoms with Crippen LogP contribution in [0.1, 0.15) is 53.4 Å².